The first-order valence-electron chi connectivity index (χ1n) is 5.21. The summed E-state index contributed by atoms with van der Waals surface area (Å²) in [5, 5.41) is 13.5. The van der Waals surface area contributed by atoms with E-state index < -0.39 is 5.97 Å². The van der Waals surface area contributed by atoms with Crippen LogP contribution < -0.4 is 0 Å². The summed E-state index contributed by atoms with van der Waals surface area (Å²) in [5.41, 5.74) is 1.26. The fraction of sp³-hybridized carbons (Fsp3) is 0.0833. The maximum atomic E-state index is 11.0. The van der Waals surface area contributed by atoms with E-state index in [9.17, 15) is 4.79 Å². The summed E-state index contributed by atoms with van der Waals surface area (Å²) in [5.74, 6) is -1.02. The van der Waals surface area contributed by atoms with Crippen LogP contribution in [0, 0.1) is 6.92 Å². The van der Waals surface area contributed by atoms with Crippen molar-refractivity contribution in [2.24, 2.45) is 0 Å². The third kappa shape index (κ3) is 1.46. The second kappa shape index (κ2) is 3.69. The molecule has 0 atom stereocenters. The standard InChI is InChI=1S/C12H8N2O4/c1-6-9(10(12(15)16)18-14-6)8-5-7-3-2-4-13-11(7)17-8/h2-5H,1H3,(H,15,16). The highest BCUT2D eigenvalue weighted by atomic mass is 16.5. The van der Waals surface area contributed by atoms with E-state index in [1.54, 1.807) is 25.3 Å². The number of carbonyl (C=O) groups is 1. The predicted octanol–water partition coefficient (Wildman–Crippen LogP) is 2.49. The van der Waals surface area contributed by atoms with Gasteiger partial charge < -0.3 is 14.0 Å². The molecule has 3 heterocycles. The van der Waals surface area contributed by atoms with Gasteiger partial charge in [0.15, 0.2) is 0 Å². The van der Waals surface area contributed by atoms with Gasteiger partial charge in [-0.1, -0.05) is 5.16 Å². The molecule has 0 saturated carbocycles. The summed E-state index contributed by atoms with van der Waals surface area (Å²) < 4.78 is 10.3. The van der Waals surface area contributed by atoms with E-state index in [-0.39, 0.29) is 5.76 Å². The SMILES string of the molecule is Cc1noc(C(=O)O)c1-c1cc2cccnc2o1. The Morgan fingerprint density at radius 3 is 3.00 bits per heavy atom. The number of aromatic nitrogens is 2. The Labute approximate surface area is 101 Å². The molecule has 0 aliphatic rings. The number of hydrogen-bond donors (Lipinski definition) is 1. The Kier molecular flexibility index (Phi) is 2.16. The highest BCUT2D eigenvalue weighted by molar-refractivity contribution is 5.94. The first kappa shape index (κ1) is 10.5. The lowest BCUT2D eigenvalue weighted by Crippen LogP contribution is -1.96. The molecule has 0 fully saturated rings. The zero-order chi connectivity index (χ0) is 12.7. The van der Waals surface area contributed by atoms with Gasteiger partial charge >= 0.3 is 5.97 Å². The van der Waals surface area contributed by atoms with E-state index in [1.807, 2.05) is 6.07 Å². The van der Waals surface area contributed by atoms with E-state index >= 15 is 0 Å². The van der Waals surface area contributed by atoms with Crippen LogP contribution in [0.4, 0.5) is 0 Å². The van der Waals surface area contributed by atoms with Crippen LogP contribution >= 0.6 is 0 Å². The molecule has 0 radical (unpaired) electrons. The van der Waals surface area contributed by atoms with E-state index in [0.717, 1.165) is 5.39 Å². The monoisotopic (exact) mass is 244 g/mol. The molecule has 0 saturated heterocycles. The van der Waals surface area contributed by atoms with Crippen molar-refractivity contribution in [3.05, 3.63) is 35.9 Å². The van der Waals surface area contributed by atoms with Gasteiger partial charge in [-0.2, -0.15) is 0 Å². The van der Waals surface area contributed by atoms with Crippen LogP contribution in [0.15, 0.2) is 33.3 Å². The van der Waals surface area contributed by atoms with Crippen LogP contribution in [0.1, 0.15) is 16.2 Å². The average molecular weight is 244 g/mol. The lowest BCUT2D eigenvalue weighted by molar-refractivity contribution is 0.0653. The summed E-state index contributed by atoms with van der Waals surface area (Å²) in [6.07, 6.45) is 1.61. The van der Waals surface area contributed by atoms with Gasteiger partial charge in [0.2, 0.25) is 5.71 Å². The van der Waals surface area contributed by atoms with Crippen LogP contribution in [0.2, 0.25) is 0 Å². The van der Waals surface area contributed by atoms with Crippen LogP contribution in [-0.2, 0) is 0 Å². The molecule has 6 nitrogen and oxygen atoms in total. The van der Waals surface area contributed by atoms with Crippen LogP contribution in [0.3, 0.4) is 0 Å². The maximum absolute atomic E-state index is 11.0. The Bertz CT molecular complexity index is 708. The zero-order valence-corrected chi connectivity index (χ0v) is 9.38. The molecule has 6 heteroatoms. The van der Waals surface area contributed by atoms with E-state index in [0.29, 0.717) is 22.7 Å². The van der Waals surface area contributed by atoms with Crippen LogP contribution in [-0.4, -0.2) is 21.2 Å². The minimum Gasteiger partial charge on any atom is -0.475 e. The topological polar surface area (TPSA) is 89.4 Å². The number of rotatable bonds is 2. The minimum absolute atomic E-state index is 0.230. The first-order chi connectivity index (χ1) is 8.66. The molecule has 0 aliphatic carbocycles. The molecule has 90 valence electrons. The van der Waals surface area contributed by atoms with Crippen molar-refractivity contribution in [1.82, 2.24) is 10.1 Å². The third-order valence-corrected chi connectivity index (χ3v) is 2.60. The number of nitrogens with zero attached hydrogens (tertiary/aromatic N) is 2. The highest BCUT2D eigenvalue weighted by Gasteiger charge is 2.23. The molecule has 0 spiro atoms. The smallest absolute Gasteiger partial charge is 0.375 e. The second-order valence-corrected chi connectivity index (χ2v) is 3.79. The molecule has 0 aromatic carbocycles. The number of carboxylic acid groups (broad SMARTS) is 1. The van der Waals surface area contributed by atoms with Gasteiger partial charge in [-0.3, -0.25) is 0 Å². The van der Waals surface area contributed by atoms with Crippen molar-refractivity contribution in [3.63, 3.8) is 0 Å². The quantitative estimate of drug-likeness (QED) is 0.744. The lowest BCUT2D eigenvalue weighted by Gasteiger charge is -1.93. The normalized spacial score (nSPS) is 10.9. The Morgan fingerprint density at radius 1 is 1.44 bits per heavy atom. The van der Waals surface area contributed by atoms with Gasteiger partial charge in [-0.05, 0) is 25.1 Å². The van der Waals surface area contributed by atoms with Gasteiger partial charge in [0, 0.05) is 11.6 Å². The number of pyridine rings is 1. The van der Waals surface area contributed by atoms with Gasteiger partial charge in [0.25, 0.3) is 5.76 Å². The number of aromatic carboxylic acids is 1. The van der Waals surface area contributed by atoms with Crippen molar-refractivity contribution in [3.8, 4) is 11.3 Å². The molecule has 0 unspecified atom stereocenters. The molecule has 3 rings (SSSR count). The molecular formula is C12H8N2O4. The lowest BCUT2D eigenvalue weighted by atomic mass is 10.1. The van der Waals surface area contributed by atoms with Crippen LogP contribution in [0.5, 0.6) is 0 Å². The first-order valence-corrected chi connectivity index (χ1v) is 5.21. The molecule has 0 amide bonds. The van der Waals surface area contributed by atoms with Crippen molar-refractivity contribution in [2.45, 2.75) is 6.92 Å². The summed E-state index contributed by atoms with van der Waals surface area (Å²) in [6, 6.07) is 5.33. The Hall–Kier alpha value is -2.63. The van der Waals surface area contributed by atoms with Gasteiger partial charge in [0.05, 0.1) is 11.3 Å². The van der Waals surface area contributed by atoms with Crippen molar-refractivity contribution in [1.29, 1.82) is 0 Å². The summed E-state index contributed by atoms with van der Waals surface area (Å²) in [7, 11) is 0. The summed E-state index contributed by atoms with van der Waals surface area (Å²) in [6.45, 7) is 1.66. The second-order valence-electron chi connectivity index (χ2n) is 3.79. The summed E-state index contributed by atoms with van der Waals surface area (Å²) >= 11 is 0. The fourth-order valence-electron chi connectivity index (χ4n) is 1.80. The van der Waals surface area contributed by atoms with E-state index in [1.165, 1.54) is 0 Å². The van der Waals surface area contributed by atoms with E-state index in [4.69, 9.17) is 14.0 Å². The zero-order valence-electron chi connectivity index (χ0n) is 9.38. The Balaban J connectivity index is 2.25. The number of fused-ring (bicyclic) bond motifs is 1. The molecule has 3 aromatic heterocycles. The van der Waals surface area contributed by atoms with Crippen molar-refractivity contribution < 1.29 is 18.8 Å². The van der Waals surface area contributed by atoms with Gasteiger partial charge in [0.1, 0.15) is 5.76 Å². The summed E-state index contributed by atoms with van der Waals surface area (Å²) in [4.78, 5) is 15.1. The molecule has 3 aromatic rings. The molecule has 18 heavy (non-hydrogen) atoms. The largest absolute Gasteiger partial charge is 0.475 e. The number of hydrogen-bond acceptors (Lipinski definition) is 5. The average Bonchev–Trinajstić information content (AvgIpc) is 2.91. The number of aryl methyl sites for hydroxylation is 1. The van der Waals surface area contributed by atoms with Crippen molar-refractivity contribution >= 4 is 17.1 Å². The highest BCUT2D eigenvalue weighted by Crippen LogP contribution is 2.31. The number of carboxylic acids is 1. The fourth-order valence-corrected chi connectivity index (χ4v) is 1.80. The van der Waals surface area contributed by atoms with Gasteiger partial charge in [-0.25, -0.2) is 9.78 Å². The van der Waals surface area contributed by atoms with E-state index in [2.05, 4.69) is 10.1 Å². The van der Waals surface area contributed by atoms with Gasteiger partial charge in [-0.15, -0.1) is 0 Å². The predicted molar refractivity (Wildman–Crippen MR) is 61.2 cm³/mol. The molecule has 0 bridgehead atoms. The third-order valence-electron chi connectivity index (χ3n) is 2.60. The molecule has 0 aliphatic heterocycles. The minimum atomic E-state index is -1.18. The van der Waals surface area contributed by atoms with Crippen molar-refractivity contribution in [2.75, 3.05) is 0 Å². The Morgan fingerprint density at radius 2 is 2.28 bits per heavy atom. The molecule has 1 N–H and O–H groups in total. The molecular weight excluding hydrogens is 236 g/mol. The maximum Gasteiger partial charge on any atom is 0.375 e. The van der Waals surface area contributed by atoms with Crippen LogP contribution in [0.25, 0.3) is 22.4 Å². The number of furan rings is 1.